The number of phosphoric ester groups is 1. The van der Waals surface area contributed by atoms with Crippen molar-refractivity contribution in [1.29, 1.82) is 0 Å². The normalized spacial score (nSPS) is 14.7. The monoisotopic (exact) mass is 922 g/mol. The van der Waals surface area contributed by atoms with Crippen LogP contribution in [0, 0.1) is 0 Å². The second kappa shape index (κ2) is 41.5. The van der Waals surface area contributed by atoms with E-state index >= 15 is 0 Å². The van der Waals surface area contributed by atoms with Crippen LogP contribution in [-0.4, -0.2) is 92.4 Å². The molecule has 0 aromatic heterocycles. The Hall–Kier alpha value is -1.93. The lowest BCUT2D eigenvalue weighted by Gasteiger charge is -2.33. The lowest BCUT2D eigenvalue weighted by atomic mass is 10.0. The smallest absolute Gasteiger partial charge is 0.462 e. The van der Waals surface area contributed by atoms with Crippen molar-refractivity contribution in [3.8, 4) is 0 Å². The summed E-state index contributed by atoms with van der Waals surface area (Å²) in [5.41, 5.74) is 0. The van der Waals surface area contributed by atoms with Crippen molar-refractivity contribution in [2.45, 2.75) is 276 Å². The summed E-state index contributed by atoms with van der Waals surface area (Å²) >= 11 is 0. The third kappa shape index (κ3) is 36.9. The molecule has 1 amide bonds. The van der Waals surface area contributed by atoms with E-state index in [1.807, 2.05) is 0 Å². The quantitative estimate of drug-likeness (QED) is 0.0145. The van der Waals surface area contributed by atoms with Gasteiger partial charge in [-0.3, -0.25) is 18.9 Å². The molecule has 0 spiro atoms. The van der Waals surface area contributed by atoms with Crippen molar-refractivity contribution < 1.29 is 62.8 Å². The van der Waals surface area contributed by atoms with Crippen molar-refractivity contribution in [2.24, 2.45) is 0 Å². The first-order valence-corrected chi connectivity index (χ1v) is 26.7. The summed E-state index contributed by atoms with van der Waals surface area (Å²) in [6.07, 6.45) is 23.5. The van der Waals surface area contributed by atoms with Crippen LogP contribution in [-0.2, 0) is 37.7 Å². The van der Waals surface area contributed by atoms with E-state index in [0.717, 1.165) is 70.6 Å². The molecule has 0 radical (unpaired) electrons. The lowest BCUT2D eigenvalue weighted by Crippen LogP contribution is -2.56. The Bertz CT molecular complexity index is 1170. The van der Waals surface area contributed by atoms with E-state index in [2.05, 4.69) is 26.1 Å². The van der Waals surface area contributed by atoms with Crippen LogP contribution >= 0.6 is 7.82 Å². The standard InChI is InChI=1S/C48H92NO13P/c1-4-7-10-13-16-19-20-23-26-29-32-35-45(55)60-41(34-31-28-25-22-18-15-12-9-6-3)37-46(56)61-47(48(43(53)39-51)62-63(57,58)59)42(38-50)49-44(54)36-40(52)33-30-27-24-21-17-14-11-8-5-2/h38,40-43,47-48,51-53H,4-37,39H2,1-3H3,(H,49,54)(H2,57,58,59)/t40-,41-,42+,43-,47-,48-/m1/s1. The Morgan fingerprint density at radius 1 is 0.556 bits per heavy atom. The molecule has 0 unspecified atom stereocenters. The summed E-state index contributed by atoms with van der Waals surface area (Å²) in [5.74, 6) is -2.32. The number of esters is 2. The first-order chi connectivity index (χ1) is 30.3. The Labute approximate surface area is 381 Å². The number of hydrogen-bond donors (Lipinski definition) is 6. The molecule has 0 rings (SSSR count). The lowest BCUT2D eigenvalue weighted by molar-refractivity contribution is -0.169. The van der Waals surface area contributed by atoms with Gasteiger partial charge in [-0.05, 0) is 25.7 Å². The van der Waals surface area contributed by atoms with Crippen molar-refractivity contribution in [1.82, 2.24) is 5.32 Å². The third-order valence-corrected chi connectivity index (χ3v) is 12.1. The summed E-state index contributed by atoms with van der Waals surface area (Å²) in [5, 5.41) is 33.3. The highest BCUT2D eigenvalue weighted by atomic mass is 31.2. The van der Waals surface area contributed by atoms with E-state index in [4.69, 9.17) is 14.0 Å². The van der Waals surface area contributed by atoms with Crippen molar-refractivity contribution in [3.63, 3.8) is 0 Å². The zero-order valence-electron chi connectivity index (χ0n) is 39.7. The third-order valence-electron chi connectivity index (χ3n) is 11.6. The number of nitrogens with one attached hydrogen (secondary N) is 1. The van der Waals surface area contributed by atoms with Gasteiger partial charge in [0.25, 0.3) is 0 Å². The van der Waals surface area contributed by atoms with Crippen LogP contribution in [0.2, 0.25) is 0 Å². The van der Waals surface area contributed by atoms with Crippen molar-refractivity contribution in [3.05, 3.63) is 0 Å². The molecule has 15 heteroatoms. The minimum absolute atomic E-state index is 0.163. The molecular formula is C48H92NO13P. The largest absolute Gasteiger partial charge is 0.470 e. The minimum atomic E-state index is -5.43. The number of aliphatic hydroxyl groups excluding tert-OH is 3. The van der Waals surface area contributed by atoms with Gasteiger partial charge in [0, 0.05) is 6.42 Å². The van der Waals surface area contributed by atoms with Gasteiger partial charge < -0.3 is 44.7 Å². The number of aldehydes is 1. The average molecular weight is 922 g/mol. The van der Waals surface area contributed by atoms with Gasteiger partial charge in [0.05, 0.1) is 25.6 Å². The Balaban J connectivity index is 5.67. The summed E-state index contributed by atoms with van der Waals surface area (Å²) < 4.78 is 28.1. The highest BCUT2D eigenvalue weighted by Crippen LogP contribution is 2.40. The second-order valence-corrected chi connectivity index (χ2v) is 18.9. The van der Waals surface area contributed by atoms with E-state index in [1.54, 1.807) is 0 Å². The Morgan fingerprint density at radius 3 is 1.38 bits per heavy atom. The van der Waals surface area contributed by atoms with Crippen LogP contribution < -0.4 is 5.32 Å². The highest BCUT2D eigenvalue weighted by molar-refractivity contribution is 7.46. The molecule has 372 valence electrons. The molecule has 0 saturated carbocycles. The first kappa shape index (κ1) is 61.1. The molecule has 63 heavy (non-hydrogen) atoms. The second-order valence-electron chi connectivity index (χ2n) is 17.7. The molecule has 0 fully saturated rings. The number of phosphoric acid groups is 1. The van der Waals surface area contributed by atoms with Crippen LogP contribution in [0.25, 0.3) is 0 Å². The van der Waals surface area contributed by atoms with Gasteiger partial charge in [0.1, 0.15) is 30.6 Å². The van der Waals surface area contributed by atoms with Gasteiger partial charge in [-0.1, -0.05) is 194 Å². The number of carbonyl (C=O) groups excluding carboxylic acids is 4. The van der Waals surface area contributed by atoms with E-state index in [-0.39, 0.29) is 12.7 Å². The molecule has 6 atom stereocenters. The van der Waals surface area contributed by atoms with Crippen LogP contribution in [0.3, 0.4) is 0 Å². The van der Waals surface area contributed by atoms with Gasteiger partial charge in [-0.2, -0.15) is 0 Å². The summed E-state index contributed by atoms with van der Waals surface area (Å²) in [6.45, 7) is 5.46. The maximum absolute atomic E-state index is 13.6. The van der Waals surface area contributed by atoms with E-state index < -0.39 is 81.7 Å². The molecule has 0 aliphatic rings. The van der Waals surface area contributed by atoms with Crippen molar-refractivity contribution >= 4 is 32.0 Å². The fourth-order valence-corrected chi connectivity index (χ4v) is 8.43. The Morgan fingerprint density at radius 2 is 0.968 bits per heavy atom. The molecule has 0 aliphatic carbocycles. The predicted molar refractivity (Wildman–Crippen MR) is 248 cm³/mol. The predicted octanol–water partition coefficient (Wildman–Crippen LogP) is 10.0. The fraction of sp³-hybridized carbons (Fsp3) is 0.917. The average Bonchev–Trinajstić information content (AvgIpc) is 3.24. The summed E-state index contributed by atoms with van der Waals surface area (Å²) in [4.78, 5) is 71.5. The van der Waals surface area contributed by atoms with Gasteiger partial charge in [0.15, 0.2) is 6.10 Å². The molecule has 6 N–H and O–H groups in total. The maximum atomic E-state index is 13.6. The zero-order valence-corrected chi connectivity index (χ0v) is 40.6. The molecule has 0 aromatic carbocycles. The molecule has 0 bridgehead atoms. The van der Waals surface area contributed by atoms with Gasteiger partial charge in [0.2, 0.25) is 5.91 Å². The summed E-state index contributed by atoms with van der Waals surface area (Å²) in [7, 11) is -5.43. The van der Waals surface area contributed by atoms with Crippen LogP contribution in [0.15, 0.2) is 0 Å². The van der Waals surface area contributed by atoms with Crippen molar-refractivity contribution in [2.75, 3.05) is 6.61 Å². The molecule has 0 heterocycles. The number of amides is 1. The number of hydrogen-bond acceptors (Lipinski definition) is 11. The number of aliphatic hydroxyl groups is 3. The van der Waals surface area contributed by atoms with Crippen LogP contribution in [0.5, 0.6) is 0 Å². The zero-order chi connectivity index (χ0) is 47.0. The number of ether oxygens (including phenoxy) is 2. The number of carbonyl (C=O) groups is 4. The molecule has 0 aromatic rings. The molecule has 14 nitrogen and oxygen atoms in total. The Kier molecular flexibility index (Phi) is 40.2. The number of unbranched alkanes of at least 4 members (excludes halogenated alkanes) is 26. The van der Waals surface area contributed by atoms with Gasteiger partial charge in [-0.15, -0.1) is 0 Å². The van der Waals surface area contributed by atoms with Crippen LogP contribution in [0.4, 0.5) is 0 Å². The summed E-state index contributed by atoms with van der Waals surface area (Å²) in [6, 6.07) is -1.81. The van der Waals surface area contributed by atoms with Gasteiger partial charge >= 0.3 is 19.8 Å². The number of rotatable bonds is 46. The molecular weight excluding hydrogens is 829 g/mol. The van der Waals surface area contributed by atoms with Crippen LogP contribution in [0.1, 0.15) is 239 Å². The highest BCUT2D eigenvalue weighted by Gasteiger charge is 2.43. The van der Waals surface area contributed by atoms with Gasteiger partial charge in [-0.25, -0.2) is 4.57 Å². The SMILES string of the molecule is CCCCCCCCCCCCCC(=O)O[C@H](CCCCCCCCCCC)CC(=O)O[C@@H]([C@H](OP(=O)(O)O)[C@H](O)CO)[C@H](C=O)NC(=O)C[C@H](O)CCCCCCCCCCC. The van der Waals surface area contributed by atoms with E-state index in [1.165, 1.54) is 96.3 Å². The van der Waals surface area contributed by atoms with E-state index in [0.29, 0.717) is 32.1 Å². The maximum Gasteiger partial charge on any atom is 0.470 e. The molecule has 0 saturated heterocycles. The van der Waals surface area contributed by atoms with E-state index in [9.17, 15) is 48.8 Å². The topological polar surface area (TPSA) is 226 Å². The minimum Gasteiger partial charge on any atom is -0.462 e. The fourth-order valence-electron chi connectivity index (χ4n) is 7.85. The molecule has 0 aliphatic heterocycles. The first-order valence-electron chi connectivity index (χ1n) is 25.2.